The van der Waals surface area contributed by atoms with Crippen LogP contribution in [0.25, 0.3) is 0 Å². The highest BCUT2D eigenvalue weighted by Crippen LogP contribution is 2.30. The first-order chi connectivity index (χ1) is 8.40. The van der Waals surface area contributed by atoms with Crippen molar-refractivity contribution in [3.8, 4) is 0 Å². The summed E-state index contributed by atoms with van der Waals surface area (Å²) in [4.78, 5) is 11.4. The summed E-state index contributed by atoms with van der Waals surface area (Å²) in [7, 11) is -3.27. The average Bonchev–Trinajstić information content (AvgIpc) is 2.63. The second-order valence-electron chi connectivity index (χ2n) is 4.77. The summed E-state index contributed by atoms with van der Waals surface area (Å²) in [6.07, 6.45) is 0.835. The first-order valence-electron chi connectivity index (χ1n) is 5.89. The molecule has 0 heterocycles. The number of Topliss-reactive ketones (excluding diaryl/α,β-unsaturated/α-hetero) is 1. The molecule has 18 heavy (non-hydrogen) atoms. The Morgan fingerprint density at radius 1 is 1.28 bits per heavy atom. The van der Waals surface area contributed by atoms with Crippen molar-refractivity contribution in [1.29, 1.82) is 0 Å². The minimum Gasteiger partial charge on any atom is -0.299 e. The number of hydrogen-bond donors (Lipinski definition) is 0. The number of benzene rings is 1. The van der Waals surface area contributed by atoms with Crippen molar-refractivity contribution in [2.24, 2.45) is 5.92 Å². The van der Waals surface area contributed by atoms with Gasteiger partial charge in [0.25, 0.3) is 0 Å². The minimum absolute atomic E-state index is 0.0214. The molecule has 98 valence electrons. The molecule has 1 aliphatic carbocycles. The van der Waals surface area contributed by atoms with Crippen molar-refractivity contribution in [3.05, 3.63) is 34.9 Å². The highest BCUT2D eigenvalue weighted by molar-refractivity contribution is 7.91. The number of rotatable bonds is 3. The van der Waals surface area contributed by atoms with Crippen LogP contribution in [0.5, 0.6) is 0 Å². The summed E-state index contributed by atoms with van der Waals surface area (Å²) in [5.41, 5.74) is 0.714. The number of ketones is 1. The third-order valence-electron chi connectivity index (χ3n) is 3.48. The van der Waals surface area contributed by atoms with Crippen molar-refractivity contribution in [1.82, 2.24) is 0 Å². The van der Waals surface area contributed by atoms with E-state index in [9.17, 15) is 13.2 Å². The molecule has 0 spiro atoms. The highest BCUT2D eigenvalue weighted by Gasteiger charge is 2.39. The van der Waals surface area contributed by atoms with Gasteiger partial charge in [-0.2, -0.15) is 0 Å². The van der Waals surface area contributed by atoms with E-state index in [0.29, 0.717) is 23.4 Å². The van der Waals surface area contributed by atoms with Crippen LogP contribution >= 0.6 is 11.6 Å². The largest absolute Gasteiger partial charge is 0.299 e. The van der Waals surface area contributed by atoms with Gasteiger partial charge in [-0.05, 0) is 24.1 Å². The molecule has 0 amide bonds. The second-order valence-corrected chi connectivity index (χ2v) is 7.42. The molecule has 0 N–H and O–H groups in total. The van der Waals surface area contributed by atoms with Gasteiger partial charge >= 0.3 is 0 Å². The van der Waals surface area contributed by atoms with Crippen LogP contribution in [-0.2, 0) is 20.4 Å². The van der Waals surface area contributed by atoms with Crippen LogP contribution in [-0.4, -0.2) is 19.5 Å². The predicted molar refractivity (Wildman–Crippen MR) is 71.3 cm³/mol. The van der Waals surface area contributed by atoms with E-state index in [4.69, 9.17) is 11.6 Å². The Labute approximate surface area is 112 Å². The molecule has 1 saturated carbocycles. The van der Waals surface area contributed by atoms with Gasteiger partial charge in [-0.3, -0.25) is 4.79 Å². The van der Waals surface area contributed by atoms with E-state index in [1.807, 2.05) is 0 Å². The molecule has 3 nitrogen and oxygen atoms in total. The predicted octanol–water partition coefficient (Wildman–Crippen LogP) is 2.62. The Morgan fingerprint density at radius 3 is 2.39 bits per heavy atom. The molecule has 1 fully saturated rings. The van der Waals surface area contributed by atoms with Gasteiger partial charge in [0.2, 0.25) is 0 Å². The molecule has 2 atom stereocenters. The number of carbonyl (C=O) groups is 1. The smallest absolute Gasteiger partial charge is 0.158 e. The number of sulfone groups is 1. The van der Waals surface area contributed by atoms with Crippen molar-refractivity contribution >= 4 is 27.2 Å². The van der Waals surface area contributed by atoms with E-state index in [1.54, 1.807) is 31.2 Å². The summed E-state index contributed by atoms with van der Waals surface area (Å²) in [5, 5.41) is 0.0567. The van der Waals surface area contributed by atoms with Crippen molar-refractivity contribution in [2.45, 2.75) is 30.8 Å². The van der Waals surface area contributed by atoms with Crippen LogP contribution in [0.1, 0.15) is 25.3 Å². The lowest BCUT2D eigenvalue weighted by Gasteiger charge is -2.15. The van der Waals surface area contributed by atoms with Gasteiger partial charge in [-0.1, -0.05) is 30.7 Å². The number of hydrogen-bond acceptors (Lipinski definition) is 3. The van der Waals surface area contributed by atoms with Crippen LogP contribution in [0.15, 0.2) is 24.3 Å². The zero-order valence-electron chi connectivity index (χ0n) is 10.1. The van der Waals surface area contributed by atoms with Crippen LogP contribution in [0.2, 0.25) is 5.02 Å². The van der Waals surface area contributed by atoms with Crippen molar-refractivity contribution < 1.29 is 13.2 Å². The van der Waals surface area contributed by atoms with Gasteiger partial charge < -0.3 is 0 Å². The van der Waals surface area contributed by atoms with Crippen LogP contribution in [0.3, 0.4) is 0 Å². The van der Waals surface area contributed by atoms with Crippen LogP contribution in [0, 0.1) is 5.92 Å². The van der Waals surface area contributed by atoms with E-state index >= 15 is 0 Å². The van der Waals surface area contributed by atoms with E-state index in [0.717, 1.165) is 0 Å². The summed E-state index contributed by atoms with van der Waals surface area (Å²) >= 11 is 5.76. The quantitative estimate of drug-likeness (QED) is 0.858. The SMILES string of the molecule is CC1C(=O)CCC1S(=O)(=O)Cc1ccc(Cl)cc1. The average molecular weight is 287 g/mol. The van der Waals surface area contributed by atoms with E-state index < -0.39 is 15.1 Å². The first-order valence-corrected chi connectivity index (χ1v) is 7.98. The molecule has 5 heteroatoms. The monoisotopic (exact) mass is 286 g/mol. The molecule has 0 aliphatic heterocycles. The van der Waals surface area contributed by atoms with Crippen LogP contribution in [0.4, 0.5) is 0 Å². The lowest BCUT2D eigenvalue weighted by Crippen LogP contribution is -2.27. The molecule has 1 aromatic carbocycles. The topological polar surface area (TPSA) is 51.2 Å². The summed E-state index contributed by atoms with van der Waals surface area (Å²) in [6, 6.07) is 6.77. The zero-order valence-corrected chi connectivity index (χ0v) is 11.7. The minimum atomic E-state index is -3.27. The lowest BCUT2D eigenvalue weighted by molar-refractivity contribution is -0.120. The third-order valence-corrected chi connectivity index (χ3v) is 6.04. The molecular formula is C13H15ClO3S. The van der Waals surface area contributed by atoms with Crippen molar-refractivity contribution in [2.75, 3.05) is 0 Å². The fourth-order valence-electron chi connectivity index (χ4n) is 2.38. The van der Waals surface area contributed by atoms with E-state index in [-0.39, 0.29) is 17.5 Å². The van der Waals surface area contributed by atoms with Gasteiger partial charge in [0.15, 0.2) is 9.84 Å². The van der Waals surface area contributed by atoms with Gasteiger partial charge in [-0.25, -0.2) is 8.42 Å². The second kappa shape index (κ2) is 5.02. The summed E-state index contributed by atoms with van der Waals surface area (Å²) in [5.74, 6) is -0.339. The van der Waals surface area contributed by atoms with Gasteiger partial charge in [0.05, 0.1) is 11.0 Å². The van der Waals surface area contributed by atoms with Gasteiger partial charge in [0, 0.05) is 17.4 Å². The molecule has 2 unspecified atom stereocenters. The normalized spacial score (nSPS) is 24.4. The molecule has 1 aliphatic rings. The summed E-state index contributed by atoms with van der Waals surface area (Å²) < 4.78 is 24.5. The van der Waals surface area contributed by atoms with E-state index in [2.05, 4.69) is 0 Å². The Morgan fingerprint density at radius 2 is 1.89 bits per heavy atom. The number of carbonyl (C=O) groups excluding carboxylic acids is 1. The maximum atomic E-state index is 12.3. The van der Waals surface area contributed by atoms with Gasteiger partial charge in [0.1, 0.15) is 5.78 Å². The van der Waals surface area contributed by atoms with Gasteiger partial charge in [-0.15, -0.1) is 0 Å². The molecule has 2 rings (SSSR count). The Balaban J connectivity index is 2.17. The highest BCUT2D eigenvalue weighted by atomic mass is 35.5. The summed E-state index contributed by atoms with van der Waals surface area (Å²) in [6.45, 7) is 1.71. The fraction of sp³-hybridized carbons (Fsp3) is 0.462. The maximum absolute atomic E-state index is 12.3. The molecule has 0 radical (unpaired) electrons. The molecule has 0 bridgehead atoms. The molecule has 1 aromatic rings. The molecule has 0 aromatic heterocycles. The first kappa shape index (κ1) is 13.6. The Bertz CT molecular complexity index is 548. The fourth-order valence-corrected chi connectivity index (χ4v) is 4.63. The zero-order chi connectivity index (χ0) is 13.3. The number of halogens is 1. The van der Waals surface area contributed by atoms with Crippen LogP contribution < -0.4 is 0 Å². The molecular weight excluding hydrogens is 272 g/mol. The van der Waals surface area contributed by atoms with E-state index in [1.165, 1.54) is 0 Å². The van der Waals surface area contributed by atoms with Crippen molar-refractivity contribution in [3.63, 3.8) is 0 Å². The standard InChI is InChI=1S/C13H15ClO3S/c1-9-12(15)6-7-13(9)18(16,17)8-10-2-4-11(14)5-3-10/h2-5,9,13H,6-8H2,1H3. The third kappa shape index (κ3) is 2.75. The Kier molecular flexibility index (Phi) is 3.78. The Hall–Kier alpha value is -0.870. The maximum Gasteiger partial charge on any atom is 0.158 e. The molecule has 0 saturated heterocycles. The lowest BCUT2D eigenvalue weighted by atomic mass is 10.1.